The van der Waals surface area contributed by atoms with Crippen molar-refractivity contribution in [3.63, 3.8) is 0 Å². The molecule has 2 N–H and O–H groups in total. The molecule has 3 aromatic rings. The van der Waals surface area contributed by atoms with Gasteiger partial charge in [-0.1, -0.05) is 30.3 Å². The van der Waals surface area contributed by atoms with Crippen molar-refractivity contribution in [1.82, 2.24) is 0 Å². The second kappa shape index (κ2) is 8.59. The summed E-state index contributed by atoms with van der Waals surface area (Å²) in [7, 11) is -2.07. The molecule has 0 heterocycles. The maximum Gasteiger partial charge on any atom is 0.261 e. The highest BCUT2D eigenvalue weighted by Gasteiger charge is 2.29. The monoisotopic (exact) mass is 424 g/mol. The molecule has 3 aromatic carbocycles. The van der Waals surface area contributed by atoms with E-state index in [2.05, 4.69) is 10.0 Å². The van der Waals surface area contributed by atoms with Crippen LogP contribution in [0.15, 0.2) is 83.8 Å². The van der Waals surface area contributed by atoms with Gasteiger partial charge in [-0.05, 0) is 67.9 Å². The van der Waals surface area contributed by atoms with Crippen LogP contribution in [-0.4, -0.2) is 21.4 Å². The van der Waals surface area contributed by atoms with E-state index in [4.69, 9.17) is 4.74 Å². The van der Waals surface area contributed by atoms with Gasteiger partial charge in [0.2, 0.25) is 5.91 Å². The third-order valence-electron chi connectivity index (χ3n) is 4.83. The average molecular weight is 425 g/mol. The Labute approximate surface area is 177 Å². The molecule has 0 aliphatic carbocycles. The zero-order valence-corrected chi connectivity index (χ0v) is 17.9. The lowest BCUT2D eigenvalue weighted by molar-refractivity contribution is -0.120. The van der Waals surface area contributed by atoms with Crippen molar-refractivity contribution in [2.45, 2.75) is 24.2 Å². The molecule has 3 rings (SSSR count). The van der Waals surface area contributed by atoms with Gasteiger partial charge in [-0.15, -0.1) is 0 Å². The third-order valence-corrected chi connectivity index (χ3v) is 6.23. The Hall–Kier alpha value is -3.32. The lowest BCUT2D eigenvalue weighted by Crippen LogP contribution is -2.34. The van der Waals surface area contributed by atoms with Crippen LogP contribution < -0.4 is 14.8 Å². The summed E-state index contributed by atoms with van der Waals surface area (Å²) < 4.78 is 32.5. The van der Waals surface area contributed by atoms with Gasteiger partial charge in [-0.3, -0.25) is 9.52 Å². The van der Waals surface area contributed by atoms with E-state index in [0.717, 1.165) is 11.3 Å². The van der Waals surface area contributed by atoms with Gasteiger partial charge in [0.1, 0.15) is 5.75 Å². The minimum Gasteiger partial charge on any atom is -0.497 e. The molecule has 1 amide bonds. The van der Waals surface area contributed by atoms with E-state index in [1.54, 1.807) is 49.6 Å². The number of amides is 1. The summed E-state index contributed by atoms with van der Waals surface area (Å²) >= 11 is 0. The second-order valence-electron chi connectivity index (χ2n) is 7.30. The van der Waals surface area contributed by atoms with Crippen LogP contribution in [0.4, 0.5) is 11.4 Å². The number of benzene rings is 3. The molecule has 0 aliphatic heterocycles. The lowest BCUT2D eigenvalue weighted by Gasteiger charge is -2.24. The van der Waals surface area contributed by atoms with E-state index >= 15 is 0 Å². The number of sulfonamides is 1. The Kier molecular flexibility index (Phi) is 6.12. The Morgan fingerprint density at radius 3 is 1.97 bits per heavy atom. The number of anilines is 2. The summed E-state index contributed by atoms with van der Waals surface area (Å²) in [6.45, 7) is 3.68. The van der Waals surface area contributed by atoms with E-state index in [0.29, 0.717) is 11.4 Å². The first kappa shape index (κ1) is 21.4. The van der Waals surface area contributed by atoms with Crippen molar-refractivity contribution in [2.75, 3.05) is 17.1 Å². The quantitative estimate of drug-likeness (QED) is 0.588. The predicted octanol–water partition coefficient (Wildman–Crippen LogP) is 4.41. The fourth-order valence-electron chi connectivity index (χ4n) is 2.86. The number of carbonyl (C=O) groups excluding carboxylic acids is 1. The van der Waals surface area contributed by atoms with Gasteiger partial charge < -0.3 is 10.1 Å². The van der Waals surface area contributed by atoms with Crippen LogP contribution in [0.5, 0.6) is 5.75 Å². The number of carbonyl (C=O) groups is 1. The minimum atomic E-state index is -3.66. The summed E-state index contributed by atoms with van der Waals surface area (Å²) in [6, 6.07) is 22.0. The molecule has 0 atom stereocenters. The normalized spacial score (nSPS) is 11.6. The fourth-order valence-corrected chi connectivity index (χ4v) is 3.94. The van der Waals surface area contributed by atoms with Crippen LogP contribution in [0.1, 0.15) is 19.4 Å². The third kappa shape index (κ3) is 4.80. The molecule has 30 heavy (non-hydrogen) atoms. The zero-order valence-electron chi connectivity index (χ0n) is 17.0. The van der Waals surface area contributed by atoms with Crippen molar-refractivity contribution in [3.05, 3.63) is 84.4 Å². The number of methoxy groups -OCH3 is 1. The first-order valence-electron chi connectivity index (χ1n) is 9.36. The summed E-state index contributed by atoms with van der Waals surface area (Å²) in [5.74, 6) is 0.550. The molecule has 0 saturated carbocycles. The maximum atomic E-state index is 12.8. The highest BCUT2D eigenvalue weighted by Crippen LogP contribution is 2.27. The van der Waals surface area contributed by atoms with Crippen LogP contribution >= 0.6 is 0 Å². The average Bonchev–Trinajstić information content (AvgIpc) is 2.75. The summed E-state index contributed by atoms with van der Waals surface area (Å²) in [5, 5.41) is 2.88. The number of hydrogen-bond acceptors (Lipinski definition) is 4. The minimum absolute atomic E-state index is 0.176. The van der Waals surface area contributed by atoms with Gasteiger partial charge in [0.15, 0.2) is 0 Å². The Balaban J connectivity index is 1.69. The van der Waals surface area contributed by atoms with Gasteiger partial charge >= 0.3 is 0 Å². The molecule has 7 heteroatoms. The summed E-state index contributed by atoms with van der Waals surface area (Å²) in [6.07, 6.45) is 0. The van der Waals surface area contributed by atoms with Crippen molar-refractivity contribution in [3.8, 4) is 5.75 Å². The van der Waals surface area contributed by atoms with E-state index in [9.17, 15) is 13.2 Å². The van der Waals surface area contributed by atoms with E-state index in [1.807, 2.05) is 38.1 Å². The Morgan fingerprint density at radius 1 is 0.833 bits per heavy atom. The Morgan fingerprint density at radius 2 is 1.40 bits per heavy atom. The molecule has 0 aliphatic rings. The highest BCUT2D eigenvalue weighted by molar-refractivity contribution is 7.92. The van der Waals surface area contributed by atoms with Crippen LogP contribution in [0.25, 0.3) is 0 Å². The molecular formula is C23H24N2O4S. The summed E-state index contributed by atoms with van der Waals surface area (Å²) in [5.41, 5.74) is 1.07. The largest absolute Gasteiger partial charge is 0.497 e. The van der Waals surface area contributed by atoms with Crippen LogP contribution in [0.3, 0.4) is 0 Å². The van der Waals surface area contributed by atoms with Crippen LogP contribution in [-0.2, 0) is 20.2 Å². The standard InChI is InChI=1S/C23H24N2O4S/c1-23(2,17-9-15-20(29-3)16-10-17)22(26)24-18-11-13-19(14-12-18)25-30(27,28)21-7-5-4-6-8-21/h4-16,25H,1-3H3,(H,24,26). The first-order chi connectivity index (χ1) is 14.2. The molecule has 156 valence electrons. The zero-order chi connectivity index (χ0) is 21.8. The van der Waals surface area contributed by atoms with Gasteiger partial charge in [0.05, 0.1) is 17.4 Å². The first-order valence-corrected chi connectivity index (χ1v) is 10.8. The summed E-state index contributed by atoms with van der Waals surface area (Å²) in [4.78, 5) is 13.0. The van der Waals surface area contributed by atoms with Gasteiger partial charge in [-0.25, -0.2) is 8.42 Å². The molecule has 0 fully saturated rings. The molecular weight excluding hydrogens is 400 g/mol. The SMILES string of the molecule is COc1ccc(C(C)(C)C(=O)Nc2ccc(NS(=O)(=O)c3ccccc3)cc2)cc1. The van der Waals surface area contributed by atoms with Crippen LogP contribution in [0.2, 0.25) is 0 Å². The van der Waals surface area contributed by atoms with E-state index in [1.165, 1.54) is 12.1 Å². The van der Waals surface area contributed by atoms with Crippen molar-refractivity contribution >= 4 is 27.3 Å². The topological polar surface area (TPSA) is 84.5 Å². The van der Waals surface area contributed by atoms with E-state index < -0.39 is 15.4 Å². The van der Waals surface area contributed by atoms with Crippen LogP contribution in [0, 0.1) is 0 Å². The molecule has 0 saturated heterocycles. The molecule has 0 bridgehead atoms. The fraction of sp³-hybridized carbons (Fsp3) is 0.174. The van der Waals surface area contributed by atoms with Gasteiger partial charge in [-0.2, -0.15) is 0 Å². The van der Waals surface area contributed by atoms with Gasteiger partial charge in [0, 0.05) is 11.4 Å². The number of rotatable bonds is 7. The Bertz CT molecular complexity index is 1110. The van der Waals surface area contributed by atoms with Crippen molar-refractivity contribution in [1.29, 1.82) is 0 Å². The van der Waals surface area contributed by atoms with E-state index in [-0.39, 0.29) is 10.8 Å². The number of nitrogens with one attached hydrogen (secondary N) is 2. The number of hydrogen-bond donors (Lipinski definition) is 2. The predicted molar refractivity (Wildman–Crippen MR) is 118 cm³/mol. The smallest absolute Gasteiger partial charge is 0.261 e. The molecule has 6 nitrogen and oxygen atoms in total. The molecule has 0 aromatic heterocycles. The van der Waals surface area contributed by atoms with Crippen molar-refractivity contribution < 1.29 is 17.9 Å². The highest BCUT2D eigenvalue weighted by atomic mass is 32.2. The molecule has 0 radical (unpaired) electrons. The number of ether oxygens (including phenoxy) is 1. The second-order valence-corrected chi connectivity index (χ2v) is 8.99. The van der Waals surface area contributed by atoms with Gasteiger partial charge in [0.25, 0.3) is 10.0 Å². The van der Waals surface area contributed by atoms with Crippen molar-refractivity contribution in [2.24, 2.45) is 0 Å². The maximum absolute atomic E-state index is 12.8. The molecule has 0 spiro atoms. The lowest BCUT2D eigenvalue weighted by atomic mass is 9.83. The molecule has 0 unspecified atom stereocenters.